The van der Waals surface area contributed by atoms with Crippen LogP contribution in [0.3, 0.4) is 0 Å². The second-order valence-electron chi connectivity index (χ2n) is 18.3. The lowest BCUT2D eigenvalue weighted by Gasteiger charge is -2.24. The van der Waals surface area contributed by atoms with Crippen molar-refractivity contribution in [3.05, 3.63) is 118 Å². The molecule has 6 aromatic rings. The van der Waals surface area contributed by atoms with E-state index in [1.54, 1.807) is 67.6 Å². The van der Waals surface area contributed by atoms with E-state index in [1.807, 2.05) is 48.5 Å². The standard InChI is InChI=1S/C24H29N5O6S.C23H27N5O6S/c1-14-8-9-15(10-20(14)29-13-19(26-28-29)23(31)35-6)22(30)25-17-11-16(24(2,3)4)12-18(21(17)34-5)27-36(7,32)33;1-13-7-8-14(9-19(13)28-12-18(22(30)31)25-27-28)21(29)24-16-10-15(23(2,3)4)11-17(20(16)34-5)26-35(6,32)33/h8-13,27H,1-7H3,(H,25,30);7-12,26H,1-6H3,(H,24,29)(H,30,31). The number of ether oxygens (including phenoxy) is 3. The second kappa shape index (κ2) is 21.0. The molecule has 0 atom stereocenters. The summed E-state index contributed by atoms with van der Waals surface area (Å²) in [6.45, 7) is 15.4. The Kier molecular flexibility index (Phi) is 16.0. The van der Waals surface area contributed by atoms with Gasteiger partial charge in [0.25, 0.3) is 11.8 Å². The van der Waals surface area contributed by atoms with Gasteiger partial charge >= 0.3 is 11.9 Å². The third kappa shape index (κ3) is 13.7. The number of aryl methyl sites for hydroxylation is 2. The van der Waals surface area contributed by atoms with Crippen LogP contribution in [0.1, 0.15) is 105 Å². The van der Waals surface area contributed by atoms with Crippen molar-refractivity contribution in [2.24, 2.45) is 0 Å². The molecule has 4 aromatic carbocycles. The van der Waals surface area contributed by atoms with Crippen LogP contribution in [0, 0.1) is 13.8 Å². The SMILES string of the molecule is COC(=O)c1cn(-c2cc(C(=O)Nc3cc(C(C)(C)C)cc(NS(C)(=O)=O)c3OC)ccc2C)nn1.COc1c(NC(=O)c2ccc(C)c(-n3cc(C(=O)O)nn3)c2)cc(C(C)(C)C)cc1NS(C)(=O)=O. The molecule has 0 bridgehead atoms. The zero-order valence-electron chi connectivity index (χ0n) is 41.4. The fraction of sp³-hybridized carbons (Fsp3) is 0.319. The molecule has 2 aromatic heterocycles. The minimum Gasteiger partial charge on any atom is -0.492 e. The van der Waals surface area contributed by atoms with Gasteiger partial charge in [0.05, 0.1) is 80.4 Å². The number of hydrogen-bond acceptors (Lipinski definition) is 15. The highest BCUT2D eigenvalue weighted by Gasteiger charge is 2.25. The van der Waals surface area contributed by atoms with Crippen molar-refractivity contribution < 1.29 is 55.3 Å². The van der Waals surface area contributed by atoms with Crippen LogP contribution >= 0.6 is 0 Å². The maximum Gasteiger partial charge on any atom is 0.360 e. The lowest BCUT2D eigenvalue weighted by Crippen LogP contribution is -2.18. The van der Waals surface area contributed by atoms with E-state index in [1.165, 1.54) is 43.1 Å². The summed E-state index contributed by atoms with van der Waals surface area (Å²) >= 11 is 0. The maximum atomic E-state index is 13.3. The molecule has 71 heavy (non-hydrogen) atoms. The summed E-state index contributed by atoms with van der Waals surface area (Å²) in [5, 5.41) is 29.9. The van der Waals surface area contributed by atoms with E-state index in [-0.39, 0.29) is 56.3 Å². The Morgan fingerprint density at radius 1 is 0.577 bits per heavy atom. The lowest BCUT2D eigenvalue weighted by atomic mass is 9.86. The summed E-state index contributed by atoms with van der Waals surface area (Å²) in [5.41, 5.74) is 4.77. The highest BCUT2D eigenvalue weighted by molar-refractivity contribution is 7.92. The number of carbonyl (C=O) groups excluding carboxylic acids is 3. The van der Waals surface area contributed by atoms with Crippen molar-refractivity contribution in [1.29, 1.82) is 0 Å². The number of esters is 1. The fourth-order valence-electron chi connectivity index (χ4n) is 6.74. The van der Waals surface area contributed by atoms with E-state index >= 15 is 0 Å². The number of nitrogens with zero attached hydrogens (tertiary/aromatic N) is 6. The third-order valence-corrected chi connectivity index (χ3v) is 11.6. The minimum absolute atomic E-state index is 0.0291. The zero-order chi connectivity index (χ0) is 53.0. The number of carboxylic acids is 1. The van der Waals surface area contributed by atoms with Crippen LogP contribution in [0.2, 0.25) is 0 Å². The fourth-order valence-corrected chi connectivity index (χ4v) is 7.85. The Bertz CT molecular complexity index is 3260. The highest BCUT2D eigenvalue weighted by Crippen LogP contribution is 2.41. The monoisotopic (exact) mass is 1020 g/mol. The van der Waals surface area contributed by atoms with Crippen molar-refractivity contribution in [2.45, 2.75) is 66.2 Å². The topological polar surface area (TPSA) is 294 Å². The lowest BCUT2D eigenvalue weighted by molar-refractivity contribution is 0.0592. The molecule has 0 unspecified atom stereocenters. The van der Waals surface area contributed by atoms with Crippen LogP contribution in [0.25, 0.3) is 11.4 Å². The van der Waals surface area contributed by atoms with Crippen LogP contribution in [-0.4, -0.2) is 110 Å². The number of benzene rings is 4. The van der Waals surface area contributed by atoms with Crippen molar-refractivity contribution in [1.82, 2.24) is 30.0 Å². The first-order valence-electron chi connectivity index (χ1n) is 21.3. The Labute approximate surface area is 411 Å². The van der Waals surface area contributed by atoms with E-state index in [9.17, 15) is 36.0 Å². The van der Waals surface area contributed by atoms with Gasteiger partial charge in [-0.3, -0.25) is 19.0 Å². The quantitative estimate of drug-likeness (QED) is 0.0728. The van der Waals surface area contributed by atoms with Gasteiger partial charge in [-0.05, 0) is 95.5 Å². The Hall–Kier alpha value is -7.86. The molecule has 0 aliphatic rings. The molecule has 0 aliphatic carbocycles. The molecular formula is C47H56N10O12S2. The number of aromatic nitrogens is 6. The number of nitrogens with one attached hydrogen (secondary N) is 4. The molecule has 2 amide bonds. The average Bonchev–Trinajstić information content (AvgIpc) is 3.97. The van der Waals surface area contributed by atoms with Crippen LogP contribution in [0.4, 0.5) is 22.7 Å². The van der Waals surface area contributed by atoms with E-state index in [2.05, 4.69) is 45.4 Å². The van der Waals surface area contributed by atoms with Gasteiger partial charge in [-0.25, -0.2) is 35.8 Å². The molecule has 0 saturated heterocycles. The van der Waals surface area contributed by atoms with E-state index in [0.29, 0.717) is 22.6 Å². The summed E-state index contributed by atoms with van der Waals surface area (Å²) < 4.78 is 70.9. The van der Waals surface area contributed by atoms with E-state index < -0.39 is 43.8 Å². The summed E-state index contributed by atoms with van der Waals surface area (Å²) in [6.07, 6.45) is 4.74. The number of anilines is 4. The summed E-state index contributed by atoms with van der Waals surface area (Å²) in [5.74, 6) is -2.46. The molecular weight excluding hydrogens is 961 g/mol. The number of sulfonamides is 2. The first-order chi connectivity index (χ1) is 32.9. The Morgan fingerprint density at radius 2 is 0.944 bits per heavy atom. The Balaban J connectivity index is 0.000000264. The summed E-state index contributed by atoms with van der Waals surface area (Å²) in [4.78, 5) is 49.4. The molecule has 24 heteroatoms. The van der Waals surface area contributed by atoms with Gasteiger partial charge in [0, 0.05) is 11.1 Å². The van der Waals surface area contributed by atoms with Gasteiger partial charge in [-0.1, -0.05) is 64.1 Å². The number of carbonyl (C=O) groups is 4. The van der Waals surface area contributed by atoms with E-state index in [0.717, 1.165) is 34.8 Å². The number of aromatic carboxylic acids is 1. The molecule has 0 radical (unpaired) electrons. The third-order valence-electron chi connectivity index (χ3n) is 10.4. The second-order valence-corrected chi connectivity index (χ2v) is 21.8. The van der Waals surface area contributed by atoms with Gasteiger partial charge in [-0.15, -0.1) is 10.2 Å². The molecule has 0 spiro atoms. The van der Waals surface area contributed by atoms with Gasteiger partial charge in [0.2, 0.25) is 20.0 Å². The van der Waals surface area contributed by atoms with Crippen LogP contribution in [-0.2, 0) is 35.6 Å². The number of carboxylic acid groups (broad SMARTS) is 1. The number of amides is 2. The Morgan fingerprint density at radius 3 is 1.27 bits per heavy atom. The first kappa shape index (κ1) is 54.1. The van der Waals surface area contributed by atoms with Crippen LogP contribution in [0.15, 0.2) is 73.1 Å². The maximum absolute atomic E-state index is 13.3. The summed E-state index contributed by atoms with van der Waals surface area (Å²) in [7, 11) is -3.20. The van der Waals surface area contributed by atoms with Crippen LogP contribution < -0.4 is 29.6 Å². The summed E-state index contributed by atoms with van der Waals surface area (Å²) in [6, 6.07) is 16.7. The van der Waals surface area contributed by atoms with Gasteiger partial charge in [0.1, 0.15) is 0 Å². The highest BCUT2D eigenvalue weighted by atomic mass is 32.2. The molecule has 0 aliphatic heterocycles. The van der Waals surface area contributed by atoms with Crippen LogP contribution in [0.5, 0.6) is 11.5 Å². The zero-order valence-corrected chi connectivity index (χ0v) is 43.0. The van der Waals surface area contributed by atoms with Gasteiger partial charge in [-0.2, -0.15) is 0 Å². The number of methoxy groups -OCH3 is 3. The predicted octanol–water partition coefficient (Wildman–Crippen LogP) is 6.50. The largest absolute Gasteiger partial charge is 0.492 e. The molecule has 6 rings (SSSR count). The number of hydrogen-bond donors (Lipinski definition) is 5. The van der Waals surface area contributed by atoms with Gasteiger partial charge in [0.15, 0.2) is 22.9 Å². The van der Waals surface area contributed by atoms with Crippen molar-refractivity contribution in [3.8, 4) is 22.9 Å². The van der Waals surface area contributed by atoms with Crippen molar-refractivity contribution >= 4 is 66.5 Å². The van der Waals surface area contributed by atoms with E-state index in [4.69, 9.17) is 14.6 Å². The number of rotatable bonds is 14. The smallest absolute Gasteiger partial charge is 0.360 e. The molecule has 5 N–H and O–H groups in total. The van der Waals surface area contributed by atoms with Crippen molar-refractivity contribution in [3.63, 3.8) is 0 Å². The molecule has 0 saturated carbocycles. The molecule has 2 heterocycles. The minimum atomic E-state index is -3.61. The van der Waals surface area contributed by atoms with Gasteiger partial charge < -0.3 is 30.0 Å². The van der Waals surface area contributed by atoms with Crippen molar-refractivity contribution in [2.75, 3.05) is 53.9 Å². The first-order valence-corrected chi connectivity index (χ1v) is 25.1. The molecule has 378 valence electrons. The molecule has 22 nitrogen and oxygen atoms in total. The normalized spacial score (nSPS) is 11.7. The average molecular weight is 1020 g/mol. The molecule has 0 fully saturated rings. The predicted molar refractivity (Wildman–Crippen MR) is 267 cm³/mol.